The molecule has 7 heteroatoms. The number of amides is 1. The molecular formula is C21H23N3O4. The Morgan fingerprint density at radius 2 is 1.82 bits per heavy atom. The van der Waals surface area contributed by atoms with Crippen LogP contribution in [-0.2, 0) is 11.3 Å². The average molecular weight is 381 g/mol. The number of ether oxygens (including phenoxy) is 2. The van der Waals surface area contributed by atoms with Crippen LogP contribution in [-0.4, -0.2) is 41.2 Å². The normalized spacial score (nSPS) is 11.7. The number of para-hydroxylation sites is 1. The highest BCUT2D eigenvalue weighted by Crippen LogP contribution is 2.20. The maximum atomic E-state index is 12.7. The van der Waals surface area contributed by atoms with Crippen LogP contribution in [0.1, 0.15) is 19.2 Å². The van der Waals surface area contributed by atoms with Gasteiger partial charge in [0.05, 0.1) is 13.7 Å². The lowest BCUT2D eigenvalue weighted by Gasteiger charge is -2.22. The van der Waals surface area contributed by atoms with Gasteiger partial charge in [-0.05, 0) is 42.8 Å². The molecule has 1 amide bonds. The fourth-order valence-corrected chi connectivity index (χ4v) is 2.67. The summed E-state index contributed by atoms with van der Waals surface area (Å²) in [5.74, 6) is 2.09. The Balaban J connectivity index is 1.64. The molecule has 0 bridgehead atoms. The van der Waals surface area contributed by atoms with E-state index >= 15 is 0 Å². The largest absolute Gasteiger partial charge is 0.497 e. The molecule has 7 nitrogen and oxygen atoms in total. The van der Waals surface area contributed by atoms with Crippen LogP contribution in [0.15, 0.2) is 59.1 Å². The van der Waals surface area contributed by atoms with Gasteiger partial charge < -0.3 is 18.9 Å². The molecule has 0 aliphatic heterocycles. The number of likely N-dealkylation sites (N-methyl/N-ethyl adjacent to an activating group) is 1. The summed E-state index contributed by atoms with van der Waals surface area (Å²) in [6.45, 7) is 2.12. The van der Waals surface area contributed by atoms with Gasteiger partial charge >= 0.3 is 0 Å². The molecular weight excluding hydrogens is 358 g/mol. The predicted molar refractivity (Wildman–Crippen MR) is 104 cm³/mol. The van der Waals surface area contributed by atoms with Crippen molar-refractivity contribution in [2.45, 2.75) is 26.0 Å². The van der Waals surface area contributed by atoms with Crippen molar-refractivity contribution in [2.24, 2.45) is 0 Å². The summed E-state index contributed by atoms with van der Waals surface area (Å²) in [5, 5.41) is 3.99. The fraction of sp³-hybridized carbons (Fsp3) is 0.286. The summed E-state index contributed by atoms with van der Waals surface area (Å²) in [4.78, 5) is 18.6. The third kappa shape index (κ3) is 4.68. The quantitative estimate of drug-likeness (QED) is 0.594. The molecule has 1 aromatic heterocycles. The molecule has 28 heavy (non-hydrogen) atoms. The van der Waals surface area contributed by atoms with Gasteiger partial charge in [0.15, 0.2) is 6.10 Å². The molecule has 1 atom stereocenters. The Morgan fingerprint density at radius 3 is 2.46 bits per heavy atom. The average Bonchev–Trinajstić information content (AvgIpc) is 3.20. The second-order valence-electron chi connectivity index (χ2n) is 6.26. The highest BCUT2D eigenvalue weighted by atomic mass is 16.5. The zero-order chi connectivity index (χ0) is 19.9. The molecule has 0 N–H and O–H groups in total. The van der Waals surface area contributed by atoms with Crippen LogP contribution in [0.2, 0.25) is 0 Å². The number of carbonyl (C=O) groups is 1. The zero-order valence-electron chi connectivity index (χ0n) is 16.2. The second kappa shape index (κ2) is 9.03. The lowest BCUT2D eigenvalue weighted by Crippen LogP contribution is -2.39. The molecule has 0 saturated heterocycles. The van der Waals surface area contributed by atoms with Gasteiger partial charge in [0.1, 0.15) is 11.5 Å². The topological polar surface area (TPSA) is 77.7 Å². The summed E-state index contributed by atoms with van der Waals surface area (Å²) in [6.07, 6.45) is -0.0182. The Labute approximate surface area is 163 Å². The number of rotatable bonds is 8. The summed E-state index contributed by atoms with van der Waals surface area (Å²) in [6, 6.07) is 16.7. The summed E-state index contributed by atoms with van der Waals surface area (Å²) in [5.41, 5.74) is 0.809. The van der Waals surface area contributed by atoms with E-state index < -0.39 is 6.10 Å². The lowest BCUT2D eigenvalue weighted by molar-refractivity contribution is -0.138. The van der Waals surface area contributed by atoms with Gasteiger partial charge in [-0.2, -0.15) is 4.98 Å². The molecule has 0 spiro atoms. The van der Waals surface area contributed by atoms with E-state index in [0.717, 1.165) is 11.3 Å². The Kier molecular flexibility index (Phi) is 6.26. The SMILES string of the molecule is CC[C@H](Oc1ccccc1)C(=O)N(C)Cc1nc(-c2ccc(OC)cc2)no1. The standard InChI is InChI=1S/C21H23N3O4/c1-4-18(27-17-8-6-5-7-9-17)21(25)24(2)14-19-22-20(23-28-19)15-10-12-16(26-3)13-11-15/h5-13,18H,4,14H2,1-3H3/t18-/m0/s1. The molecule has 3 aromatic rings. The Morgan fingerprint density at radius 1 is 1.11 bits per heavy atom. The van der Waals surface area contributed by atoms with E-state index in [2.05, 4.69) is 10.1 Å². The van der Waals surface area contributed by atoms with Gasteiger partial charge in [-0.1, -0.05) is 30.3 Å². The van der Waals surface area contributed by atoms with E-state index in [9.17, 15) is 4.79 Å². The predicted octanol–water partition coefficient (Wildman–Crippen LogP) is 3.56. The van der Waals surface area contributed by atoms with Crippen molar-refractivity contribution >= 4 is 5.91 Å². The van der Waals surface area contributed by atoms with Crippen LogP contribution in [0.3, 0.4) is 0 Å². The minimum Gasteiger partial charge on any atom is -0.497 e. The molecule has 0 radical (unpaired) electrons. The third-order valence-electron chi connectivity index (χ3n) is 4.23. The third-order valence-corrected chi connectivity index (χ3v) is 4.23. The number of carbonyl (C=O) groups excluding carboxylic acids is 1. The van der Waals surface area contributed by atoms with E-state index in [4.69, 9.17) is 14.0 Å². The van der Waals surface area contributed by atoms with Crippen molar-refractivity contribution in [1.82, 2.24) is 15.0 Å². The summed E-state index contributed by atoms with van der Waals surface area (Å²) < 4.78 is 16.3. The van der Waals surface area contributed by atoms with Gasteiger partial charge in [0.25, 0.3) is 5.91 Å². The fourth-order valence-electron chi connectivity index (χ4n) is 2.67. The number of nitrogens with zero attached hydrogens (tertiary/aromatic N) is 3. The zero-order valence-corrected chi connectivity index (χ0v) is 16.2. The first-order chi connectivity index (χ1) is 13.6. The van der Waals surface area contributed by atoms with Gasteiger partial charge in [0, 0.05) is 12.6 Å². The maximum Gasteiger partial charge on any atom is 0.263 e. The van der Waals surface area contributed by atoms with Gasteiger partial charge in [-0.25, -0.2) is 0 Å². The molecule has 1 heterocycles. The Hall–Kier alpha value is -3.35. The van der Waals surface area contributed by atoms with E-state index in [-0.39, 0.29) is 12.5 Å². The van der Waals surface area contributed by atoms with Crippen molar-refractivity contribution in [1.29, 1.82) is 0 Å². The number of benzene rings is 2. The number of aromatic nitrogens is 2. The number of hydrogen-bond acceptors (Lipinski definition) is 6. The molecule has 0 fully saturated rings. The van der Waals surface area contributed by atoms with Crippen LogP contribution in [0.4, 0.5) is 0 Å². The van der Waals surface area contributed by atoms with Gasteiger partial charge in [0.2, 0.25) is 11.7 Å². The lowest BCUT2D eigenvalue weighted by atomic mass is 10.2. The highest BCUT2D eigenvalue weighted by molar-refractivity contribution is 5.80. The van der Waals surface area contributed by atoms with Crippen LogP contribution in [0, 0.1) is 0 Å². The first-order valence-electron chi connectivity index (χ1n) is 9.04. The molecule has 0 aliphatic carbocycles. The van der Waals surface area contributed by atoms with E-state index in [1.54, 1.807) is 14.2 Å². The first-order valence-corrected chi connectivity index (χ1v) is 9.04. The Bertz CT molecular complexity index is 894. The monoisotopic (exact) mass is 381 g/mol. The van der Waals surface area contributed by atoms with Crippen molar-refractivity contribution in [3.8, 4) is 22.9 Å². The molecule has 0 aliphatic rings. The summed E-state index contributed by atoms with van der Waals surface area (Å²) >= 11 is 0. The van der Waals surface area contributed by atoms with E-state index in [0.29, 0.717) is 23.9 Å². The molecule has 0 unspecified atom stereocenters. The van der Waals surface area contributed by atoms with Crippen LogP contribution >= 0.6 is 0 Å². The van der Waals surface area contributed by atoms with Crippen molar-refractivity contribution in [3.05, 3.63) is 60.5 Å². The molecule has 146 valence electrons. The van der Waals surface area contributed by atoms with Crippen LogP contribution in [0.25, 0.3) is 11.4 Å². The van der Waals surface area contributed by atoms with Crippen molar-refractivity contribution in [2.75, 3.05) is 14.2 Å². The number of hydrogen-bond donors (Lipinski definition) is 0. The molecule has 0 saturated carbocycles. The van der Waals surface area contributed by atoms with Crippen LogP contribution < -0.4 is 9.47 Å². The second-order valence-corrected chi connectivity index (χ2v) is 6.26. The smallest absolute Gasteiger partial charge is 0.263 e. The summed E-state index contributed by atoms with van der Waals surface area (Å²) in [7, 11) is 3.30. The highest BCUT2D eigenvalue weighted by Gasteiger charge is 2.24. The molecule has 3 rings (SSSR count). The maximum absolute atomic E-state index is 12.7. The van der Waals surface area contributed by atoms with Gasteiger partial charge in [-0.15, -0.1) is 0 Å². The van der Waals surface area contributed by atoms with E-state index in [1.807, 2.05) is 61.5 Å². The van der Waals surface area contributed by atoms with E-state index in [1.165, 1.54) is 4.90 Å². The number of methoxy groups -OCH3 is 1. The van der Waals surface area contributed by atoms with Crippen molar-refractivity contribution in [3.63, 3.8) is 0 Å². The minimum atomic E-state index is -0.573. The van der Waals surface area contributed by atoms with Gasteiger partial charge in [-0.3, -0.25) is 4.79 Å². The van der Waals surface area contributed by atoms with Crippen LogP contribution in [0.5, 0.6) is 11.5 Å². The van der Waals surface area contributed by atoms with Crippen molar-refractivity contribution < 1.29 is 18.8 Å². The molecule has 2 aromatic carbocycles. The first kappa shape index (κ1) is 19.4. The minimum absolute atomic E-state index is 0.143.